The predicted molar refractivity (Wildman–Crippen MR) is 70.1 cm³/mol. The van der Waals surface area contributed by atoms with Gasteiger partial charge in [-0.15, -0.1) is 0 Å². The van der Waals surface area contributed by atoms with E-state index in [0.29, 0.717) is 25.3 Å². The van der Waals surface area contributed by atoms with E-state index in [2.05, 4.69) is 5.32 Å². The Bertz CT molecular complexity index is 497. The lowest BCUT2D eigenvalue weighted by atomic mass is 10.2. The van der Waals surface area contributed by atoms with Gasteiger partial charge in [0.15, 0.2) is 0 Å². The molecule has 1 N–H and O–H groups in total. The van der Waals surface area contributed by atoms with Crippen LogP contribution in [0, 0.1) is 10.1 Å². The molecule has 2 rings (SSSR count). The number of hydrogen-bond acceptors (Lipinski definition) is 4. The first-order valence-electron chi connectivity index (χ1n) is 6.40. The molecule has 0 radical (unpaired) electrons. The van der Waals surface area contributed by atoms with Crippen LogP contribution < -0.4 is 5.32 Å². The quantitative estimate of drug-likeness (QED) is 0.649. The monoisotopic (exact) mass is 266 g/mol. The van der Waals surface area contributed by atoms with E-state index in [1.54, 1.807) is 9.47 Å². The number of piperazine rings is 1. The number of hydrogen-bond donors (Lipinski definition) is 1. The molecule has 7 heteroatoms. The lowest BCUT2D eigenvalue weighted by Gasteiger charge is -2.32. The Hall–Kier alpha value is -1.89. The molecular weight excluding hydrogens is 248 g/mol. The number of carbonyl (C=O) groups excluding carboxylic acids is 1. The Morgan fingerprint density at radius 3 is 2.95 bits per heavy atom. The number of nitrogens with one attached hydrogen (secondary N) is 1. The summed E-state index contributed by atoms with van der Waals surface area (Å²) in [6, 6.07) is 1.61. The fourth-order valence-electron chi connectivity index (χ4n) is 2.31. The number of aryl methyl sites for hydroxylation is 1. The van der Waals surface area contributed by atoms with E-state index in [4.69, 9.17) is 0 Å². The van der Waals surface area contributed by atoms with Crippen molar-refractivity contribution in [3.8, 4) is 0 Å². The molecule has 1 amide bonds. The molecule has 104 valence electrons. The summed E-state index contributed by atoms with van der Waals surface area (Å²) in [6.07, 6.45) is 1.42. The van der Waals surface area contributed by atoms with Gasteiger partial charge in [-0.25, -0.2) is 0 Å². The summed E-state index contributed by atoms with van der Waals surface area (Å²) in [4.78, 5) is 24.5. The Balaban J connectivity index is 2.24. The van der Waals surface area contributed by atoms with Gasteiger partial charge in [0.2, 0.25) is 0 Å². The van der Waals surface area contributed by atoms with E-state index in [-0.39, 0.29) is 17.6 Å². The van der Waals surface area contributed by atoms with Crippen LogP contribution in [0.5, 0.6) is 0 Å². The first-order valence-corrected chi connectivity index (χ1v) is 6.40. The third-order valence-electron chi connectivity index (χ3n) is 3.31. The minimum Gasteiger partial charge on any atom is -0.337 e. The molecule has 0 bridgehead atoms. The molecule has 1 fully saturated rings. The second-order valence-electron chi connectivity index (χ2n) is 4.73. The molecule has 1 atom stereocenters. The maximum absolute atomic E-state index is 12.4. The molecule has 1 saturated heterocycles. The largest absolute Gasteiger partial charge is 0.337 e. The third-order valence-corrected chi connectivity index (χ3v) is 3.31. The average Bonchev–Trinajstić information content (AvgIpc) is 2.82. The summed E-state index contributed by atoms with van der Waals surface area (Å²) in [5.41, 5.74) is 0.358. The first kappa shape index (κ1) is 13.5. The highest BCUT2D eigenvalue weighted by atomic mass is 16.6. The number of rotatable bonds is 3. The van der Waals surface area contributed by atoms with Crippen molar-refractivity contribution in [2.75, 3.05) is 19.6 Å². The number of aromatic nitrogens is 1. The number of nitrogens with zero attached hydrogens (tertiary/aromatic N) is 3. The second-order valence-corrected chi connectivity index (χ2v) is 4.73. The zero-order valence-electron chi connectivity index (χ0n) is 11.1. The topological polar surface area (TPSA) is 80.4 Å². The van der Waals surface area contributed by atoms with Crippen LogP contribution in [-0.4, -0.2) is 46.0 Å². The fourth-order valence-corrected chi connectivity index (χ4v) is 2.31. The van der Waals surface area contributed by atoms with Crippen molar-refractivity contribution in [1.29, 1.82) is 0 Å². The van der Waals surface area contributed by atoms with Gasteiger partial charge in [0.05, 0.1) is 11.1 Å². The lowest BCUT2D eigenvalue weighted by molar-refractivity contribution is -0.384. The summed E-state index contributed by atoms with van der Waals surface area (Å²) in [5.74, 6) is -0.136. The normalized spacial score (nSPS) is 19.5. The Labute approximate surface area is 111 Å². The zero-order valence-corrected chi connectivity index (χ0v) is 11.1. The van der Waals surface area contributed by atoms with Gasteiger partial charge in [0.1, 0.15) is 5.69 Å². The Morgan fingerprint density at radius 1 is 1.63 bits per heavy atom. The molecular formula is C12H18N4O3. The van der Waals surface area contributed by atoms with Crippen molar-refractivity contribution in [3.05, 3.63) is 28.1 Å². The summed E-state index contributed by atoms with van der Waals surface area (Å²) in [6.45, 7) is 6.42. The highest BCUT2D eigenvalue weighted by Crippen LogP contribution is 2.18. The van der Waals surface area contributed by atoms with E-state index in [1.165, 1.54) is 12.3 Å². The SMILES string of the molecule is CCn1cc([N+](=O)[O-])cc1C(=O)N1CCN[C@H](C)C1. The molecule has 0 aliphatic carbocycles. The van der Waals surface area contributed by atoms with Crippen molar-refractivity contribution in [3.63, 3.8) is 0 Å². The highest BCUT2D eigenvalue weighted by molar-refractivity contribution is 5.93. The first-order chi connectivity index (χ1) is 9.02. The van der Waals surface area contributed by atoms with Gasteiger partial charge in [-0.3, -0.25) is 14.9 Å². The van der Waals surface area contributed by atoms with Crippen LogP contribution in [0.4, 0.5) is 5.69 Å². The molecule has 7 nitrogen and oxygen atoms in total. The van der Waals surface area contributed by atoms with Gasteiger partial charge in [-0.05, 0) is 13.8 Å². The van der Waals surface area contributed by atoms with Crippen molar-refractivity contribution in [1.82, 2.24) is 14.8 Å². The van der Waals surface area contributed by atoms with Gasteiger partial charge in [-0.2, -0.15) is 0 Å². The smallest absolute Gasteiger partial charge is 0.287 e. The van der Waals surface area contributed by atoms with E-state index < -0.39 is 4.92 Å². The number of nitro groups is 1. The van der Waals surface area contributed by atoms with Crippen LogP contribution in [0.15, 0.2) is 12.3 Å². The van der Waals surface area contributed by atoms with Crippen LogP contribution in [0.1, 0.15) is 24.3 Å². The minimum atomic E-state index is -0.469. The van der Waals surface area contributed by atoms with Crippen molar-refractivity contribution in [2.45, 2.75) is 26.4 Å². The molecule has 1 aliphatic heterocycles. The molecule has 0 saturated carbocycles. The molecule has 0 spiro atoms. The van der Waals surface area contributed by atoms with E-state index in [9.17, 15) is 14.9 Å². The van der Waals surface area contributed by atoms with Gasteiger partial charge >= 0.3 is 0 Å². The van der Waals surface area contributed by atoms with Gasteiger partial charge in [0.25, 0.3) is 11.6 Å². The number of carbonyl (C=O) groups is 1. The van der Waals surface area contributed by atoms with E-state index in [0.717, 1.165) is 6.54 Å². The van der Waals surface area contributed by atoms with Crippen LogP contribution in [0.3, 0.4) is 0 Å². The molecule has 0 aromatic carbocycles. The molecule has 1 aromatic rings. The highest BCUT2D eigenvalue weighted by Gasteiger charge is 2.26. The molecule has 1 aliphatic rings. The van der Waals surface area contributed by atoms with E-state index in [1.807, 2.05) is 13.8 Å². The summed E-state index contributed by atoms with van der Waals surface area (Å²) < 4.78 is 1.63. The Kier molecular flexibility index (Phi) is 3.84. The van der Waals surface area contributed by atoms with Crippen molar-refractivity contribution < 1.29 is 9.72 Å². The van der Waals surface area contributed by atoms with Crippen molar-refractivity contribution >= 4 is 11.6 Å². The van der Waals surface area contributed by atoms with Crippen LogP contribution in [-0.2, 0) is 6.54 Å². The molecule has 1 aromatic heterocycles. The molecule has 0 unspecified atom stereocenters. The minimum absolute atomic E-state index is 0.0339. The lowest BCUT2D eigenvalue weighted by Crippen LogP contribution is -2.51. The van der Waals surface area contributed by atoms with Crippen molar-refractivity contribution in [2.24, 2.45) is 0 Å². The van der Waals surface area contributed by atoms with Crippen LogP contribution in [0.2, 0.25) is 0 Å². The maximum atomic E-state index is 12.4. The average molecular weight is 266 g/mol. The fraction of sp³-hybridized carbons (Fsp3) is 0.583. The van der Waals surface area contributed by atoms with E-state index >= 15 is 0 Å². The number of amides is 1. The molecule has 2 heterocycles. The third kappa shape index (κ3) is 2.76. The van der Waals surface area contributed by atoms with Gasteiger partial charge in [0, 0.05) is 38.3 Å². The van der Waals surface area contributed by atoms with Crippen LogP contribution in [0.25, 0.3) is 0 Å². The molecule has 19 heavy (non-hydrogen) atoms. The standard InChI is InChI=1S/C12H18N4O3/c1-3-14-8-10(16(18)19)6-11(14)12(17)15-5-4-13-9(2)7-15/h6,8-9,13H,3-5,7H2,1-2H3/t9-/m1/s1. The van der Waals surface area contributed by atoms with Crippen LogP contribution >= 0.6 is 0 Å². The zero-order chi connectivity index (χ0) is 14.0. The summed E-state index contributed by atoms with van der Waals surface area (Å²) in [7, 11) is 0. The predicted octanol–water partition coefficient (Wildman–Crippen LogP) is 0.850. The summed E-state index contributed by atoms with van der Waals surface area (Å²) in [5, 5.41) is 14.1. The maximum Gasteiger partial charge on any atom is 0.287 e. The van der Waals surface area contributed by atoms with Gasteiger partial charge in [-0.1, -0.05) is 0 Å². The Morgan fingerprint density at radius 2 is 2.37 bits per heavy atom. The second kappa shape index (κ2) is 5.40. The van der Waals surface area contributed by atoms with Gasteiger partial charge < -0.3 is 14.8 Å². The summed E-state index contributed by atoms with van der Waals surface area (Å²) >= 11 is 0.